The fraction of sp³-hybridized carbons (Fsp3) is 0.136. The zero-order valence-electron chi connectivity index (χ0n) is 16.2. The minimum atomic E-state index is -0.460. The molecular weight excluding hydrogens is 424 g/mol. The Morgan fingerprint density at radius 2 is 1.87 bits per heavy atom. The zero-order valence-corrected chi connectivity index (χ0v) is 17.8. The Balaban J connectivity index is 1.75. The van der Waals surface area contributed by atoms with E-state index in [1.807, 2.05) is 19.1 Å². The number of methoxy groups -OCH3 is 1. The fourth-order valence-electron chi connectivity index (χ4n) is 3.01. The largest absolute Gasteiger partial charge is 0.467 e. The molecule has 0 spiro atoms. The molecule has 2 aromatic carbocycles. The van der Waals surface area contributed by atoms with Gasteiger partial charge < -0.3 is 9.15 Å². The van der Waals surface area contributed by atoms with E-state index in [0.29, 0.717) is 27.0 Å². The number of hydrogen-bond donors (Lipinski definition) is 0. The Kier molecular flexibility index (Phi) is 5.57. The summed E-state index contributed by atoms with van der Waals surface area (Å²) in [6, 6.07) is 13.6. The molecular formula is C22H17ClN2O4S. The van der Waals surface area contributed by atoms with E-state index in [9.17, 15) is 9.59 Å². The minimum Gasteiger partial charge on any atom is -0.467 e. The average Bonchev–Trinajstić information content (AvgIpc) is 3.44. The highest BCUT2D eigenvalue weighted by Crippen LogP contribution is 2.36. The number of aryl methyl sites for hydroxylation is 1. The second-order valence-corrected chi connectivity index (χ2v) is 7.96. The topological polar surface area (TPSA) is 72.6 Å². The van der Waals surface area contributed by atoms with Gasteiger partial charge in [0.15, 0.2) is 5.13 Å². The molecule has 0 aliphatic carbocycles. The van der Waals surface area contributed by atoms with Gasteiger partial charge in [0.2, 0.25) is 0 Å². The standard InChI is InChI=1S/C22H17ClN2O4S/c1-13-5-10-17(23)19-18(13)24-22(30-19)25(12-16-4-3-11-29-16)20(26)14-6-8-15(9-7-14)21(27)28-2/h3-11H,12H2,1-2H3. The number of aromatic nitrogens is 1. The van der Waals surface area contributed by atoms with Crippen molar-refractivity contribution in [3.05, 3.63) is 82.3 Å². The molecule has 4 aromatic rings. The van der Waals surface area contributed by atoms with E-state index in [0.717, 1.165) is 15.8 Å². The summed E-state index contributed by atoms with van der Waals surface area (Å²) in [5, 5.41) is 1.10. The molecule has 152 valence electrons. The van der Waals surface area contributed by atoms with E-state index in [-0.39, 0.29) is 12.5 Å². The summed E-state index contributed by atoms with van der Waals surface area (Å²) >= 11 is 7.70. The lowest BCUT2D eigenvalue weighted by Crippen LogP contribution is -2.30. The van der Waals surface area contributed by atoms with Crippen LogP contribution in [0.2, 0.25) is 5.02 Å². The molecule has 0 unspecified atom stereocenters. The predicted octanol–water partition coefficient (Wildman–Crippen LogP) is 5.48. The summed E-state index contributed by atoms with van der Waals surface area (Å²) in [5.74, 6) is -0.106. The first-order valence-corrected chi connectivity index (χ1v) is 10.3. The summed E-state index contributed by atoms with van der Waals surface area (Å²) in [5.41, 5.74) is 2.52. The van der Waals surface area contributed by atoms with E-state index in [4.69, 9.17) is 20.8 Å². The third-order valence-corrected chi connectivity index (χ3v) is 6.15. The molecule has 0 saturated heterocycles. The van der Waals surface area contributed by atoms with Crippen LogP contribution in [0.5, 0.6) is 0 Å². The van der Waals surface area contributed by atoms with Crippen LogP contribution in [0.1, 0.15) is 32.0 Å². The Morgan fingerprint density at radius 1 is 1.13 bits per heavy atom. The number of furan rings is 1. The number of rotatable bonds is 5. The van der Waals surface area contributed by atoms with Crippen molar-refractivity contribution in [1.29, 1.82) is 0 Å². The normalized spacial score (nSPS) is 10.9. The van der Waals surface area contributed by atoms with Gasteiger partial charge in [0, 0.05) is 5.56 Å². The summed E-state index contributed by atoms with van der Waals surface area (Å²) in [4.78, 5) is 31.3. The third kappa shape index (κ3) is 3.81. The number of thiazole rings is 1. The van der Waals surface area contributed by atoms with Gasteiger partial charge in [-0.1, -0.05) is 29.0 Å². The van der Waals surface area contributed by atoms with E-state index in [2.05, 4.69) is 4.98 Å². The molecule has 8 heteroatoms. The first-order chi connectivity index (χ1) is 14.5. The number of carbonyl (C=O) groups excluding carboxylic acids is 2. The van der Waals surface area contributed by atoms with Crippen LogP contribution in [0, 0.1) is 6.92 Å². The highest BCUT2D eigenvalue weighted by Gasteiger charge is 2.24. The number of carbonyl (C=O) groups is 2. The second-order valence-electron chi connectivity index (χ2n) is 6.58. The molecule has 0 aliphatic heterocycles. The SMILES string of the molecule is COC(=O)c1ccc(C(=O)N(Cc2ccco2)c2nc3c(C)ccc(Cl)c3s2)cc1. The summed E-state index contributed by atoms with van der Waals surface area (Å²) in [6.45, 7) is 2.16. The number of nitrogens with zero attached hydrogens (tertiary/aromatic N) is 2. The molecule has 30 heavy (non-hydrogen) atoms. The van der Waals surface area contributed by atoms with Crippen molar-refractivity contribution in [1.82, 2.24) is 4.98 Å². The monoisotopic (exact) mass is 440 g/mol. The number of fused-ring (bicyclic) bond motifs is 1. The predicted molar refractivity (Wildman–Crippen MR) is 116 cm³/mol. The first kappa shape index (κ1) is 20.1. The van der Waals surface area contributed by atoms with Crippen molar-refractivity contribution in [2.24, 2.45) is 0 Å². The highest BCUT2D eigenvalue weighted by molar-refractivity contribution is 7.23. The molecule has 0 N–H and O–H groups in total. The summed E-state index contributed by atoms with van der Waals surface area (Å²) in [6.07, 6.45) is 1.56. The maximum atomic E-state index is 13.4. The van der Waals surface area contributed by atoms with E-state index in [1.54, 1.807) is 47.6 Å². The van der Waals surface area contributed by atoms with Gasteiger partial charge in [0.05, 0.1) is 40.7 Å². The quantitative estimate of drug-likeness (QED) is 0.384. The minimum absolute atomic E-state index is 0.209. The van der Waals surface area contributed by atoms with Gasteiger partial charge in [-0.15, -0.1) is 0 Å². The lowest BCUT2D eigenvalue weighted by Gasteiger charge is -2.19. The van der Waals surface area contributed by atoms with Crippen LogP contribution in [0.3, 0.4) is 0 Å². The number of amides is 1. The van der Waals surface area contributed by atoms with Crippen LogP contribution >= 0.6 is 22.9 Å². The van der Waals surface area contributed by atoms with Crippen molar-refractivity contribution in [2.75, 3.05) is 12.0 Å². The van der Waals surface area contributed by atoms with Gasteiger partial charge in [-0.3, -0.25) is 9.69 Å². The van der Waals surface area contributed by atoms with Gasteiger partial charge in [0.1, 0.15) is 5.76 Å². The molecule has 0 aliphatic rings. The van der Waals surface area contributed by atoms with E-state index in [1.165, 1.54) is 18.4 Å². The van der Waals surface area contributed by atoms with Crippen LogP contribution < -0.4 is 4.90 Å². The number of anilines is 1. The Morgan fingerprint density at radius 3 is 2.50 bits per heavy atom. The number of esters is 1. The molecule has 0 fully saturated rings. The van der Waals surface area contributed by atoms with Gasteiger partial charge in [-0.25, -0.2) is 9.78 Å². The summed E-state index contributed by atoms with van der Waals surface area (Å²) < 4.78 is 11.0. The number of benzene rings is 2. The maximum Gasteiger partial charge on any atom is 0.337 e. The second kappa shape index (κ2) is 8.30. The molecule has 0 bridgehead atoms. The van der Waals surface area contributed by atoms with Crippen LogP contribution in [0.4, 0.5) is 5.13 Å². The smallest absolute Gasteiger partial charge is 0.337 e. The molecule has 2 aromatic heterocycles. The molecule has 6 nitrogen and oxygen atoms in total. The van der Waals surface area contributed by atoms with E-state index >= 15 is 0 Å². The van der Waals surface area contributed by atoms with Gasteiger partial charge >= 0.3 is 5.97 Å². The zero-order chi connectivity index (χ0) is 21.3. The molecule has 4 rings (SSSR count). The lowest BCUT2D eigenvalue weighted by molar-refractivity contribution is 0.0600. The van der Waals surface area contributed by atoms with E-state index < -0.39 is 5.97 Å². The van der Waals surface area contributed by atoms with Crippen molar-refractivity contribution in [3.63, 3.8) is 0 Å². The summed E-state index contributed by atoms with van der Waals surface area (Å²) in [7, 11) is 1.31. The highest BCUT2D eigenvalue weighted by atomic mass is 35.5. The van der Waals surface area contributed by atoms with Crippen LogP contribution in [0.15, 0.2) is 59.2 Å². The Bertz CT molecular complexity index is 1180. The molecule has 2 heterocycles. The van der Waals surface area contributed by atoms with Crippen molar-refractivity contribution in [2.45, 2.75) is 13.5 Å². The first-order valence-electron chi connectivity index (χ1n) is 9.06. The van der Waals surface area contributed by atoms with Crippen molar-refractivity contribution < 1.29 is 18.7 Å². The fourth-order valence-corrected chi connectivity index (χ4v) is 4.33. The number of hydrogen-bond acceptors (Lipinski definition) is 6. The maximum absolute atomic E-state index is 13.4. The van der Waals surface area contributed by atoms with Gasteiger partial charge in [-0.05, 0) is 55.0 Å². The number of halogens is 1. The van der Waals surface area contributed by atoms with Crippen molar-refractivity contribution >= 4 is 50.2 Å². The van der Waals surface area contributed by atoms with Crippen LogP contribution in [-0.4, -0.2) is 24.0 Å². The van der Waals surface area contributed by atoms with Crippen LogP contribution in [-0.2, 0) is 11.3 Å². The van der Waals surface area contributed by atoms with Crippen molar-refractivity contribution in [3.8, 4) is 0 Å². The Hall–Kier alpha value is -3.16. The molecule has 0 atom stereocenters. The van der Waals surface area contributed by atoms with Gasteiger partial charge in [-0.2, -0.15) is 0 Å². The lowest BCUT2D eigenvalue weighted by atomic mass is 10.1. The van der Waals surface area contributed by atoms with Crippen LogP contribution in [0.25, 0.3) is 10.2 Å². The molecule has 1 amide bonds. The van der Waals surface area contributed by atoms with Gasteiger partial charge in [0.25, 0.3) is 5.91 Å². The Labute approximate surface area is 181 Å². The third-order valence-electron chi connectivity index (χ3n) is 4.61. The molecule has 0 radical (unpaired) electrons. The average molecular weight is 441 g/mol. The molecule has 0 saturated carbocycles. The number of ether oxygens (including phenoxy) is 1.